The van der Waals surface area contributed by atoms with Crippen molar-refractivity contribution in [1.29, 1.82) is 0 Å². The molecule has 0 aliphatic rings. The lowest BCUT2D eigenvalue weighted by Gasteiger charge is -2.08. The van der Waals surface area contributed by atoms with Gasteiger partial charge in [-0.1, -0.05) is 0 Å². The van der Waals surface area contributed by atoms with E-state index in [0.29, 0.717) is 12.7 Å². The molecule has 0 radical (unpaired) electrons. The molecule has 4 heteroatoms. The molecule has 3 nitrogen and oxygen atoms in total. The fourth-order valence-electron chi connectivity index (χ4n) is 0.583. The normalized spacial score (nSPS) is 11.9. The molecular weight excluding hydrogens is 139 g/mol. The van der Waals surface area contributed by atoms with Gasteiger partial charge in [-0.3, -0.25) is 0 Å². The van der Waals surface area contributed by atoms with Gasteiger partial charge in [0.15, 0.2) is 0 Å². The molecule has 0 spiro atoms. The molecule has 0 atom stereocenters. The van der Waals surface area contributed by atoms with Gasteiger partial charge < -0.3 is 14.0 Å². The van der Waals surface area contributed by atoms with E-state index in [0.717, 1.165) is 0 Å². The molecule has 0 bridgehead atoms. The second kappa shape index (κ2) is 4.04. The predicted molar refractivity (Wildman–Crippen MR) is 37.3 cm³/mol. The van der Waals surface area contributed by atoms with Gasteiger partial charge in [-0.2, -0.15) is 0 Å². The molecule has 0 N–H and O–H groups in total. The van der Waals surface area contributed by atoms with Crippen LogP contribution in [-0.4, -0.2) is 33.6 Å². The van der Waals surface area contributed by atoms with Crippen LogP contribution < -0.4 is 0 Å². The first-order chi connectivity index (χ1) is 4.12. The van der Waals surface area contributed by atoms with Crippen LogP contribution in [0.15, 0.2) is 0 Å². The highest BCUT2D eigenvalue weighted by molar-refractivity contribution is 7.62. The van der Waals surface area contributed by atoms with Crippen molar-refractivity contribution in [2.75, 3.05) is 33.6 Å². The van der Waals surface area contributed by atoms with E-state index in [-0.39, 0.29) is 0 Å². The molecule has 0 rings (SSSR count). The first kappa shape index (κ1) is 9.15. The molecule has 0 heterocycles. The summed E-state index contributed by atoms with van der Waals surface area (Å²) in [7, 11) is 0.930. The number of hydrogen-bond acceptors (Lipinski definition) is 3. The molecule has 0 amide bonds. The van der Waals surface area contributed by atoms with Crippen molar-refractivity contribution in [2.45, 2.75) is 0 Å². The van der Waals surface area contributed by atoms with Crippen LogP contribution >= 0.6 is 7.14 Å². The smallest absolute Gasteiger partial charge is 0.133 e. The minimum Gasteiger partial charge on any atom is -0.377 e. The Bertz CT molecular complexity index is 103. The number of rotatable bonds is 4. The largest absolute Gasteiger partial charge is 0.377 e. The van der Waals surface area contributed by atoms with Crippen molar-refractivity contribution >= 4 is 7.14 Å². The molecule has 0 unspecified atom stereocenters. The molecule has 0 aromatic rings. The summed E-state index contributed by atoms with van der Waals surface area (Å²) in [5.41, 5.74) is 0. The van der Waals surface area contributed by atoms with E-state index in [1.165, 1.54) is 14.2 Å². The Balaban J connectivity index is 3.58. The molecule has 56 valence electrons. The fourth-order valence-corrected chi connectivity index (χ4v) is 1.75. The third-order valence-corrected chi connectivity index (χ3v) is 2.41. The Morgan fingerprint density at radius 2 is 1.56 bits per heavy atom. The van der Waals surface area contributed by atoms with Gasteiger partial charge in [0.05, 0.1) is 0 Å². The summed E-state index contributed by atoms with van der Waals surface area (Å²) in [5, 5.41) is 0. The molecule has 0 aliphatic carbocycles. The lowest BCUT2D eigenvalue weighted by molar-refractivity contribution is 0.224. The van der Waals surface area contributed by atoms with Gasteiger partial charge in [0.25, 0.3) is 0 Å². The second-order valence-corrected chi connectivity index (χ2v) is 5.24. The standard InChI is InChI=1S/C5H13O3P/c1-7-4-9(3,6)5-8-2/h4-5H2,1-3H3. The third-order valence-electron chi connectivity index (χ3n) is 0.804. The summed E-state index contributed by atoms with van der Waals surface area (Å²) < 4.78 is 20.6. The van der Waals surface area contributed by atoms with Crippen LogP contribution in [-0.2, 0) is 14.0 Å². The number of ether oxygens (including phenoxy) is 2. The zero-order valence-corrected chi connectivity index (χ0v) is 6.98. The van der Waals surface area contributed by atoms with E-state index in [9.17, 15) is 4.57 Å². The highest BCUT2D eigenvalue weighted by Crippen LogP contribution is 2.39. The Hall–Kier alpha value is 0.150. The van der Waals surface area contributed by atoms with Crippen LogP contribution in [0.1, 0.15) is 0 Å². The van der Waals surface area contributed by atoms with E-state index < -0.39 is 7.14 Å². The van der Waals surface area contributed by atoms with E-state index >= 15 is 0 Å². The van der Waals surface area contributed by atoms with Crippen molar-refractivity contribution in [2.24, 2.45) is 0 Å². The summed E-state index contributed by atoms with van der Waals surface area (Å²) in [6.07, 6.45) is 0.613. The first-order valence-corrected chi connectivity index (χ1v) is 5.18. The van der Waals surface area contributed by atoms with Crippen LogP contribution in [0, 0.1) is 0 Å². The van der Waals surface area contributed by atoms with Crippen LogP contribution in [0.2, 0.25) is 0 Å². The molecular formula is C5H13O3P. The van der Waals surface area contributed by atoms with Gasteiger partial charge in [0, 0.05) is 14.2 Å². The van der Waals surface area contributed by atoms with Crippen LogP contribution in [0.4, 0.5) is 0 Å². The Morgan fingerprint density at radius 3 is 1.78 bits per heavy atom. The average molecular weight is 152 g/mol. The Kier molecular flexibility index (Phi) is 4.11. The van der Waals surface area contributed by atoms with Crippen molar-refractivity contribution < 1.29 is 14.0 Å². The van der Waals surface area contributed by atoms with E-state index in [2.05, 4.69) is 0 Å². The van der Waals surface area contributed by atoms with Crippen molar-refractivity contribution in [3.05, 3.63) is 0 Å². The van der Waals surface area contributed by atoms with Gasteiger partial charge in [0.1, 0.15) is 19.8 Å². The van der Waals surface area contributed by atoms with E-state index in [1.54, 1.807) is 6.66 Å². The zero-order chi connectivity index (χ0) is 7.33. The minimum absolute atomic E-state index is 0.306. The van der Waals surface area contributed by atoms with Crippen LogP contribution in [0.5, 0.6) is 0 Å². The SMILES string of the molecule is COCP(C)(=O)COC. The lowest BCUT2D eigenvalue weighted by Crippen LogP contribution is -1.96. The van der Waals surface area contributed by atoms with Gasteiger partial charge in [0.2, 0.25) is 0 Å². The van der Waals surface area contributed by atoms with Crippen LogP contribution in [0.25, 0.3) is 0 Å². The van der Waals surface area contributed by atoms with Gasteiger partial charge in [-0.25, -0.2) is 0 Å². The van der Waals surface area contributed by atoms with E-state index in [4.69, 9.17) is 9.47 Å². The summed E-state index contributed by atoms with van der Waals surface area (Å²) in [5.74, 6) is 0. The van der Waals surface area contributed by atoms with Crippen LogP contribution in [0.3, 0.4) is 0 Å². The Morgan fingerprint density at radius 1 is 1.22 bits per heavy atom. The lowest BCUT2D eigenvalue weighted by atomic mass is 11.5. The third kappa shape index (κ3) is 4.64. The molecule has 0 fully saturated rings. The molecule has 0 aliphatic heterocycles. The average Bonchev–Trinajstić information content (AvgIpc) is 1.64. The highest BCUT2D eigenvalue weighted by atomic mass is 31.2. The predicted octanol–water partition coefficient (Wildman–Crippen LogP) is 1.19. The molecule has 0 aromatic carbocycles. The number of hydrogen-bond donors (Lipinski definition) is 0. The first-order valence-electron chi connectivity index (χ1n) is 2.66. The summed E-state index contributed by atoms with van der Waals surface area (Å²) in [6, 6.07) is 0. The van der Waals surface area contributed by atoms with E-state index in [1.807, 2.05) is 0 Å². The fraction of sp³-hybridized carbons (Fsp3) is 1.00. The molecule has 0 saturated heterocycles. The summed E-state index contributed by atoms with van der Waals surface area (Å²) >= 11 is 0. The van der Waals surface area contributed by atoms with Crippen molar-refractivity contribution in [1.82, 2.24) is 0 Å². The number of methoxy groups -OCH3 is 2. The maximum Gasteiger partial charge on any atom is 0.133 e. The molecule has 0 aromatic heterocycles. The monoisotopic (exact) mass is 152 g/mol. The molecule has 0 saturated carbocycles. The van der Waals surface area contributed by atoms with Crippen molar-refractivity contribution in [3.63, 3.8) is 0 Å². The maximum absolute atomic E-state index is 11.2. The quantitative estimate of drug-likeness (QED) is 0.567. The maximum atomic E-state index is 11.2. The van der Waals surface area contributed by atoms with Gasteiger partial charge in [-0.15, -0.1) is 0 Å². The molecule has 9 heavy (non-hydrogen) atoms. The highest BCUT2D eigenvalue weighted by Gasteiger charge is 2.12. The van der Waals surface area contributed by atoms with Gasteiger partial charge in [-0.05, 0) is 6.66 Å². The Labute approximate surface area is 55.7 Å². The van der Waals surface area contributed by atoms with Crippen molar-refractivity contribution in [3.8, 4) is 0 Å². The second-order valence-electron chi connectivity index (χ2n) is 2.13. The zero-order valence-electron chi connectivity index (χ0n) is 6.09. The van der Waals surface area contributed by atoms with Gasteiger partial charge >= 0.3 is 0 Å². The minimum atomic E-state index is -2.14. The topological polar surface area (TPSA) is 35.5 Å². The summed E-state index contributed by atoms with van der Waals surface area (Å²) in [4.78, 5) is 0. The summed E-state index contributed by atoms with van der Waals surface area (Å²) in [6.45, 7) is 1.67.